The van der Waals surface area contributed by atoms with Gasteiger partial charge < -0.3 is 10.4 Å². The average Bonchev–Trinajstić information content (AvgIpc) is 2.33. The fourth-order valence-electron chi connectivity index (χ4n) is 2.22. The van der Waals surface area contributed by atoms with Crippen LogP contribution in [0.3, 0.4) is 0 Å². The summed E-state index contributed by atoms with van der Waals surface area (Å²) in [6.45, 7) is 8.21. The maximum atomic E-state index is 10.0. The average molecular weight is 255 g/mol. The number of phenols is 1. The number of nitrogens with one attached hydrogen (secondary N) is 1. The molecule has 0 spiro atoms. The van der Waals surface area contributed by atoms with E-state index in [1.54, 1.807) is 6.07 Å². The number of hydrogen-bond donors (Lipinski definition) is 2. The molecule has 2 heteroatoms. The first kappa shape index (κ1) is 13.5. The second kappa shape index (κ2) is 5.35. The van der Waals surface area contributed by atoms with Crippen molar-refractivity contribution in [1.82, 2.24) is 0 Å². The lowest BCUT2D eigenvalue weighted by atomic mass is 10.0. The van der Waals surface area contributed by atoms with Gasteiger partial charge in [0, 0.05) is 11.3 Å². The highest BCUT2D eigenvalue weighted by Gasteiger charge is 2.11. The SMILES string of the molecule is Cc1ccc(C(C)Nc2cc(C)ccc2C)c(O)c1. The third kappa shape index (κ3) is 3.08. The van der Waals surface area contributed by atoms with Crippen molar-refractivity contribution in [3.05, 3.63) is 58.7 Å². The van der Waals surface area contributed by atoms with Gasteiger partial charge in [0.25, 0.3) is 0 Å². The van der Waals surface area contributed by atoms with Crippen molar-refractivity contribution in [1.29, 1.82) is 0 Å². The molecule has 0 heterocycles. The molecule has 0 bridgehead atoms. The molecule has 0 aliphatic rings. The molecular weight excluding hydrogens is 234 g/mol. The predicted molar refractivity (Wildman–Crippen MR) is 80.8 cm³/mol. The number of aryl methyl sites for hydroxylation is 3. The number of hydrogen-bond acceptors (Lipinski definition) is 2. The van der Waals surface area contributed by atoms with E-state index in [2.05, 4.69) is 44.3 Å². The summed E-state index contributed by atoms with van der Waals surface area (Å²) in [5.74, 6) is 0.352. The summed E-state index contributed by atoms with van der Waals surface area (Å²) < 4.78 is 0. The topological polar surface area (TPSA) is 32.3 Å². The summed E-state index contributed by atoms with van der Waals surface area (Å²) in [4.78, 5) is 0. The first-order chi connectivity index (χ1) is 8.97. The van der Waals surface area contributed by atoms with E-state index in [1.165, 1.54) is 11.1 Å². The molecule has 1 unspecified atom stereocenters. The van der Waals surface area contributed by atoms with Crippen LogP contribution in [0, 0.1) is 20.8 Å². The third-order valence-corrected chi connectivity index (χ3v) is 3.42. The molecule has 100 valence electrons. The summed E-state index contributed by atoms with van der Waals surface area (Å²) in [5, 5.41) is 13.5. The van der Waals surface area contributed by atoms with E-state index >= 15 is 0 Å². The van der Waals surface area contributed by atoms with E-state index in [4.69, 9.17) is 0 Å². The van der Waals surface area contributed by atoms with Crippen LogP contribution in [0.25, 0.3) is 0 Å². The Kier molecular flexibility index (Phi) is 3.79. The van der Waals surface area contributed by atoms with Crippen LogP contribution in [0.15, 0.2) is 36.4 Å². The standard InChI is InChI=1S/C17H21NO/c1-11-5-7-13(3)16(9-11)18-14(4)15-8-6-12(2)10-17(15)19/h5-10,14,18-19H,1-4H3. The molecule has 0 aliphatic carbocycles. The minimum absolute atomic E-state index is 0.0705. The molecule has 2 aromatic rings. The van der Waals surface area contributed by atoms with Gasteiger partial charge in [0.2, 0.25) is 0 Å². The van der Waals surface area contributed by atoms with Gasteiger partial charge in [0.15, 0.2) is 0 Å². The zero-order valence-corrected chi connectivity index (χ0v) is 12.0. The Morgan fingerprint density at radius 2 is 1.58 bits per heavy atom. The molecule has 1 atom stereocenters. The molecule has 2 rings (SSSR count). The zero-order valence-electron chi connectivity index (χ0n) is 12.0. The van der Waals surface area contributed by atoms with Crippen LogP contribution in [-0.4, -0.2) is 5.11 Å². The van der Waals surface area contributed by atoms with Crippen LogP contribution in [0.5, 0.6) is 5.75 Å². The van der Waals surface area contributed by atoms with Gasteiger partial charge in [0.05, 0.1) is 6.04 Å². The fraction of sp³-hybridized carbons (Fsp3) is 0.294. The Bertz CT molecular complexity index is 590. The van der Waals surface area contributed by atoms with Gasteiger partial charge in [-0.15, -0.1) is 0 Å². The van der Waals surface area contributed by atoms with Crippen LogP contribution in [0.2, 0.25) is 0 Å². The third-order valence-electron chi connectivity index (χ3n) is 3.42. The van der Waals surface area contributed by atoms with Gasteiger partial charge in [-0.2, -0.15) is 0 Å². The van der Waals surface area contributed by atoms with Gasteiger partial charge in [-0.3, -0.25) is 0 Å². The largest absolute Gasteiger partial charge is 0.508 e. The van der Waals surface area contributed by atoms with Crippen LogP contribution in [-0.2, 0) is 0 Å². The van der Waals surface area contributed by atoms with Crippen molar-refractivity contribution < 1.29 is 5.11 Å². The first-order valence-electron chi connectivity index (χ1n) is 6.60. The number of benzene rings is 2. The molecule has 0 fully saturated rings. The van der Waals surface area contributed by atoms with Crippen LogP contribution in [0.1, 0.15) is 35.2 Å². The molecule has 19 heavy (non-hydrogen) atoms. The molecule has 0 aliphatic heterocycles. The van der Waals surface area contributed by atoms with Crippen molar-refractivity contribution in [3.63, 3.8) is 0 Å². The van der Waals surface area contributed by atoms with E-state index in [9.17, 15) is 5.11 Å². The van der Waals surface area contributed by atoms with Crippen molar-refractivity contribution in [2.24, 2.45) is 0 Å². The highest BCUT2D eigenvalue weighted by molar-refractivity contribution is 5.54. The van der Waals surface area contributed by atoms with E-state index in [1.807, 2.05) is 19.1 Å². The summed E-state index contributed by atoms with van der Waals surface area (Å²) in [6.07, 6.45) is 0. The van der Waals surface area contributed by atoms with Crippen molar-refractivity contribution in [3.8, 4) is 5.75 Å². The summed E-state index contributed by atoms with van der Waals surface area (Å²) in [7, 11) is 0. The smallest absolute Gasteiger partial charge is 0.121 e. The minimum atomic E-state index is 0.0705. The number of phenolic OH excluding ortho intramolecular Hbond substituents is 1. The van der Waals surface area contributed by atoms with Crippen molar-refractivity contribution >= 4 is 5.69 Å². The summed E-state index contributed by atoms with van der Waals surface area (Å²) >= 11 is 0. The fourth-order valence-corrected chi connectivity index (χ4v) is 2.22. The van der Waals surface area contributed by atoms with E-state index in [0.717, 1.165) is 16.8 Å². The maximum absolute atomic E-state index is 10.0. The molecule has 2 nitrogen and oxygen atoms in total. The molecule has 0 amide bonds. The molecule has 0 saturated heterocycles. The van der Waals surface area contributed by atoms with Crippen molar-refractivity contribution in [2.45, 2.75) is 33.7 Å². The molecule has 0 aromatic heterocycles. The lowest BCUT2D eigenvalue weighted by Gasteiger charge is -2.19. The van der Waals surface area contributed by atoms with Gasteiger partial charge in [-0.1, -0.05) is 24.3 Å². The Hall–Kier alpha value is -1.96. The zero-order chi connectivity index (χ0) is 14.0. The molecule has 2 aromatic carbocycles. The van der Waals surface area contributed by atoms with Crippen LogP contribution < -0.4 is 5.32 Å². The second-order valence-electron chi connectivity index (χ2n) is 5.25. The van der Waals surface area contributed by atoms with Gasteiger partial charge in [-0.05, 0) is 56.5 Å². The number of rotatable bonds is 3. The predicted octanol–water partition coefficient (Wildman–Crippen LogP) is 4.49. The second-order valence-corrected chi connectivity index (χ2v) is 5.25. The van der Waals surface area contributed by atoms with Crippen LogP contribution in [0.4, 0.5) is 5.69 Å². The molecule has 2 N–H and O–H groups in total. The summed E-state index contributed by atoms with van der Waals surface area (Å²) in [6, 6.07) is 12.2. The molecular formula is C17H21NO. The molecule has 0 saturated carbocycles. The van der Waals surface area contributed by atoms with Crippen LogP contribution >= 0.6 is 0 Å². The van der Waals surface area contributed by atoms with Crippen molar-refractivity contribution in [2.75, 3.05) is 5.32 Å². The van der Waals surface area contributed by atoms with Gasteiger partial charge >= 0.3 is 0 Å². The monoisotopic (exact) mass is 255 g/mol. The Labute approximate surface area is 115 Å². The Balaban J connectivity index is 2.25. The van der Waals surface area contributed by atoms with Gasteiger partial charge in [-0.25, -0.2) is 0 Å². The Morgan fingerprint density at radius 1 is 0.947 bits per heavy atom. The Morgan fingerprint density at radius 3 is 2.26 bits per heavy atom. The number of aromatic hydroxyl groups is 1. The highest BCUT2D eigenvalue weighted by Crippen LogP contribution is 2.29. The highest BCUT2D eigenvalue weighted by atomic mass is 16.3. The minimum Gasteiger partial charge on any atom is -0.508 e. The van der Waals surface area contributed by atoms with E-state index in [-0.39, 0.29) is 6.04 Å². The van der Waals surface area contributed by atoms with E-state index < -0.39 is 0 Å². The lowest BCUT2D eigenvalue weighted by molar-refractivity contribution is 0.465. The normalized spacial score (nSPS) is 12.2. The first-order valence-corrected chi connectivity index (χ1v) is 6.60. The lowest BCUT2D eigenvalue weighted by Crippen LogP contribution is -2.08. The summed E-state index contributed by atoms with van der Waals surface area (Å²) in [5.41, 5.74) is 5.55. The van der Waals surface area contributed by atoms with E-state index in [0.29, 0.717) is 5.75 Å². The number of anilines is 1. The maximum Gasteiger partial charge on any atom is 0.121 e. The van der Waals surface area contributed by atoms with Gasteiger partial charge in [0.1, 0.15) is 5.75 Å². The molecule has 0 radical (unpaired) electrons. The quantitative estimate of drug-likeness (QED) is 0.847.